The Hall–Kier alpha value is -3.18. The number of nitrogens with zero attached hydrogens (tertiary/aromatic N) is 2. The van der Waals surface area contributed by atoms with Crippen LogP contribution in [-0.4, -0.2) is 28.0 Å². The minimum absolute atomic E-state index is 0.162. The topological polar surface area (TPSA) is 61.2 Å². The van der Waals surface area contributed by atoms with Gasteiger partial charge in [0, 0.05) is 22.7 Å². The summed E-state index contributed by atoms with van der Waals surface area (Å²) in [5.74, 6) is -0.0347. The summed E-state index contributed by atoms with van der Waals surface area (Å²) < 4.78 is 7.65. The van der Waals surface area contributed by atoms with Gasteiger partial charge in [-0.15, -0.1) is 0 Å². The van der Waals surface area contributed by atoms with Gasteiger partial charge in [-0.3, -0.25) is 9.59 Å². The molecular formula is C28H31ClN2O3. The number of carbonyl (C=O) groups excluding carboxylic acids is 2. The van der Waals surface area contributed by atoms with Crippen LogP contribution >= 0.6 is 11.6 Å². The Balaban J connectivity index is 2.05. The predicted octanol–water partition coefficient (Wildman–Crippen LogP) is 6.87. The number of hydrogen-bond donors (Lipinski definition) is 0. The van der Waals surface area contributed by atoms with Crippen molar-refractivity contribution in [1.29, 1.82) is 0 Å². The highest BCUT2D eigenvalue weighted by molar-refractivity contribution is 6.33. The average molecular weight is 479 g/mol. The highest BCUT2D eigenvalue weighted by Crippen LogP contribution is 2.34. The van der Waals surface area contributed by atoms with Crippen LogP contribution < -0.4 is 4.74 Å². The van der Waals surface area contributed by atoms with Crippen molar-refractivity contribution in [3.05, 3.63) is 86.6 Å². The van der Waals surface area contributed by atoms with E-state index in [1.807, 2.05) is 52.8 Å². The van der Waals surface area contributed by atoms with E-state index in [0.717, 1.165) is 28.7 Å². The van der Waals surface area contributed by atoms with Gasteiger partial charge in [0.1, 0.15) is 5.56 Å². The molecule has 2 aromatic carbocycles. The summed E-state index contributed by atoms with van der Waals surface area (Å²) in [4.78, 5) is 26.5. The average Bonchev–Trinajstić information content (AvgIpc) is 3.12. The molecule has 34 heavy (non-hydrogen) atoms. The first-order valence-electron chi connectivity index (χ1n) is 11.4. The molecule has 5 nitrogen and oxygen atoms in total. The summed E-state index contributed by atoms with van der Waals surface area (Å²) >= 11 is 6.52. The summed E-state index contributed by atoms with van der Waals surface area (Å²) in [6, 6.07) is 12.5. The van der Waals surface area contributed by atoms with Gasteiger partial charge in [-0.1, -0.05) is 54.4 Å². The second-order valence-electron chi connectivity index (χ2n) is 8.62. The maximum absolute atomic E-state index is 13.8. The summed E-state index contributed by atoms with van der Waals surface area (Å²) in [7, 11) is 0. The van der Waals surface area contributed by atoms with E-state index in [2.05, 4.69) is 5.10 Å². The number of Topliss-reactive ketones (excluding diaryl/α,β-unsaturated/α-hetero) is 1. The molecule has 3 aromatic rings. The third kappa shape index (κ3) is 5.15. The molecule has 0 bridgehead atoms. The van der Waals surface area contributed by atoms with Crippen LogP contribution in [0.4, 0.5) is 0 Å². The van der Waals surface area contributed by atoms with E-state index in [9.17, 15) is 9.59 Å². The number of rotatable bonds is 9. The Bertz CT molecular complexity index is 1250. The molecular weight excluding hydrogens is 448 g/mol. The van der Waals surface area contributed by atoms with E-state index in [1.54, 1.807) is 35.9 Å². The lowest BCUT2D eigenvalue weighted by molar-refractivity contribution is 0.0906. The van der Waals surface area contributed by atoms with Crippen LogP contribution in [0.25, 0.3) is 5.57 Å². The first kappa shape index (κ1) is 25.4. The Labute approximate surface area is 206 Å². The Morgan fingerprint density at radius 3 is 2.29 bits per heavy atom. The summed E-state index contributed by atoms with van der Waals surface area (Å²) in [6.07, 6.45) is 0.807. The Morgan fingerprint density at radius 1 is 1.00 bits per heavy atom. The molecule has 0 spiro atoms. The molecule has 6 heteroatoms. The summed E-state index contributed by atoms with van der Waals surface area (Å²) in [6.45, 7) is 12.2. The highest BCUT2D eigenvalue weighted by atomic mass is 35.5. The number of ether oxygens (including phenoxy) is 1. The van der Waals surface area contributed by atoms with Crippen molar-refractivity contribution in [2.45, 2.75) is 54.5 Å². The van der Waals surface area contributed by atoms with E-state index in [4.69, 9.17) is 16.3 Å². The normalized spacial score (nSPS) is 10.8. The molecule has 0 aliphatic heterocycles. The van der Waals surface area contributed by atoms with Crippen LogP contribution in [0.3, 0.4) is 0 Å². The maximum Gasteiger partial charge on any atom is 0.224 e. The standard InChI is InChI=1S/C28H31ClN2O3/c1-7-15-31-28(34-16-24(32)21-11-9-8-10-12-21)26(20(6)30-31)27(33)22-13-14-23(29)25(19(22)5)18(4)17(2)3/h8-14H,7,15-16H2,1-6H3. The fourth-order valence-corrected chi connectivity index (χ4v) is 4.29. The third-order valence-electron chi connectivity index (χ3n) is 5.96. The van der Waals surface area contributed by atoms with Gasteiger partial charge in [0.25, 0.3) is 0 Å². The summed E-state index contributed by atoms with van der Waals surface area (Å²) in [5.41, 5.74) is 5.89. The second-order valence-corrected chi connectivity index (χ2v) is 9.02. The predicted molar refractivity (Wildman–Crippen MR) is 137 cm³/mol. The number of carbonyl (C=O) groups is 2. The molecule has 0 atom stereocenters. The molecule has 0 saturated heterocycles. The Kier molecular flexibility index (Phi) is 8.11. The molecule has 0 aliphatic carbocycles. The van der Waals surface area contributed by atoms with Crippen LogP contribution in [0.2, 0.25) is 5.02 Å². The maximum atomic E-state index is 13.8. The first-order valence-corrected chi connectivity index (χ1v) is 11.8. The zero-order valence-electron chi connectivity index (χ0n) is 20.7. The van der Waals surface area contributed by atoms with Crippen molar-refractivity contribution in [1.82, 2.24) is 9.78 Å². The van der Waals surface area contributed by atoms with Crippen molar-refractivity contribution in [2.24, 2.45) is 0 Å². The van der Waals surface area contributed by atoms with Crippen molar-refractivity contribution < 1.29 is 14.3 Å². The fraction of sp³-hybridized carbons (Fsp3) is 0.321. The lowest BCUT2D eigenvalue weighted by Crippen LogP contribution is -2.16. The van der Waals surface area contributed by atoms with Gasteiger partial charge in [0.15, 0.2) is 12.4 Å². The minimum atomic E-state index is -0.195. The molecule has 0 amide bonds. The molecule has 1 heterocycles. The van der Waals surface area contributed by atoms with Crippen LogP contribution in [-0.2, 0) is 6.54 Å². The van der Waals surface area contributed by atoms with E-state index >= 15 is 0 Å². The van der Waals surface area contributed by atoms with Crippen molar-refractivity contribution >= 4 is 28.7 Å². The smallest absolute Gasteiger partial charge is 0.224 e. The van der Waals surface area contributed by atoms with Crippen molar-refractivity contribution in [3.63, 3.8) is 0 Å². The molecule has 0 radical (unpaired) electrons. The largest absolute Gasteiger partial charge is 0.469 e. The van der Waals surface area contributed by atoms with Gasteiger partial charge in [-0.05, 0) is 69.9 Å². The van der Waals surface area contributed by atoms with Crippen molar-refractivity contribution in [2.75, 3.05) is 6.61 Å². The van der Waals surface area contributed by atoms with E-state index in [-0.39, 0.29) is 18.2 Å². The lowest BCUT2D eigenvalue weighted by atomic mass is 9.91. The molecule has 0 aliphatic rings. The lowest BCUT2D eigenvalue weighted by Gasteiger charge is -2.15. The molecule has 3 rings (SSSR count). The Morgan fingerprint density at radius 2 is 1.68 bits per heavy atom. The molecule has 0 fully saturated rings. The van der Waals surface area contributed by atoms with Crippen molar-refractivity contribution in [3.8, 4) is 5.88 Å². The molecule has 0 N–H and O–H groups in total. The van der Waals surface area contributed by atoms with Gasteiger partial charge in [-0.25, -0.2) is 4.68 Å². The second kappa shape index (κ2) is 10.8. The SMILES string of the molecule is CCCn1nc(C)c(C(=O)c2ccc(Cl)c(C(C)=C(C)C)c2C)c1OCC(=O)c1ccccc1. The number of aromatic nitrogens is 2. The number of hydrogen-bond acceptors (Lipinski definition) is 4. The quantitative estimate of drug-likeness (QED) is 0.315. The van der Waals surface area contributed by atoms with Gasteiger partial charge >= 0.3 is 0 Å². The number of halogens is 1. The minimum Gasteiger partial charge on any atom is -0.469 e. The number of aryl methyl sites for hydroxylation is 2. The van der Waals surface area contributed by atoms with Gasteiger partial charge < -0.3 is 4.74 Å². The highest BCUT2D eigenvalue weighted by Gasteiger charge is 2.27. The van der Waals surface area contributed by atoms with Gasteiger partial charge in [0.05, 0.1) is 5.69 Å². The molecule has 0 unspecified atom stereocenters. The van der Waals surface area contributed by atoms with Crippen LogP contribution in [0.1, 0.15) is 77.2 Å². The number of ketones is 2. The first-order chi connectivity index (χ1) is 16.2. The number of benzene rings is 2. The monoisotopic (exact) mass is 478 g/mol. The molecule has 1 aromatic heterocycles. The van der Waals surface area contributed by atoms with E-state index in [1.165, 1.54) is 0 Å². The fourth-order valence-electron chi connectivity index (χ4n) is 3.94. The van der Waals surface area contributed by atoms with E-state index in [0.29, 0.717) is 39.8 Å². The van der Waals surface area contributed by atoms with Crippen LogP contribution in [0.5, 0.6) is 5.88 Å². The number of allylic oxidation sites excluding steroid dienone is 2. The zero-order chi connectivity index (χ0) is 25.0. The van der Waals surface area contributed by atoms with Crippen LogP contribution in [0.15, 0.2) is 48.0 Å². The third-order valence-corrected chi connectivity index (χ3v) is 6.28. The van der Waals surface area contributed by atoms with E-state index < -0.39 is 0 Å². The van der Waals surface area contributed by atoms with Gasteiger partial charge in [-0.2, -0.15) is 5.10 Å². The van der Waals surface area contributed by atoms with Gasteiger partial charge in [0.2, 0.25) is 11.7 Å². The summed E-state index contributed by atoms with van der Waals surface area (Å²) in [5, 5.41) is 5.16. The van der Waals surface area contributed by atoms with Crippen LogP contribution in [0, 0.1) is 13.8 Å². The molecule has 178 valence electrons. The zero-order valence-corrected chi connectivity index (χ0v) is 21.4. The molecule has 0 saturated carbocycles.